The van der Waals surface area contributed by atoms with Crippen LogP contribution >= 0.6 is 11.6 Å². The smallest absolute Gasteiger partial charge is 0.116 e. The highest BCUT2D eigenvalue weighted by Gasteiger charge is 2.15. The molecule has 0 fully saturated rings. The molecule has 0 aliphatic carbocycles. The molecule has 0 bridgehead atoms. The predicted molar refractivity (Wildman–Crippen MR) is 80.5 cm³/mol. The Balaban J connectivity index is 2.40. The van der Waals surface area contributed by atoms with Crippen molar-refractivity contribution in [3.05, 3.63) is 60.1 Å². The van der Waals surface area contributed by atoms with Gasteiger partial charge in [0.1, 0.15) is 6.67 Å². The van der Waals surface area contributed by atoms with Crippen molar-refractivity contribution in [2.45, 2.75) is 20.5 Å². The van der Waals surface area contributed by atoms with Crippen molar-refractivity contribution in [2.75, 3.05) is 10.8 Å². The molecule has 2 aromatic rings. The quantitative estimate of drug-likeness (QED) is 0.776. The van der Waals surface area contributed by atoms with Gasteiger partial charge in [-0.25, -0.2) is 0 Å². The van der Waals surface area contributed by atoms with E-state index in [2.05, 4.69) is 48.6 Å². The number of halogens is 1. The Morgan fingerprint density at radius 1 is 1.32 bits per heavy atom. The van der Waals surface area contributed by atoms with Gasteiger partial charge in [0.25, 0.3) is 0 Å². The Kier molecular flexibility index (Phi) is 4.27. The lowest BCUT2D eigenvalue weighted by Crippen LogP contribution is -2.27. The van der Waals surface area contributed by atoms with E-state index in [1.807, 2.05) is 16.9 Å². The van der Waals surface area contributed by atoms with Crippen molar-refractivity contribution in [1.82, 2.24) is 9.78 Å². The summed E-state index contributed by atoms with van der Waals surface area (Å²) >= 11 is 5.97. The van der Waals surface area contributed by atoms with Crippen molar-refractivity contribution < 1.29 is 0 Å². The van der Waals surface area contributed by atoms with E-state index in [-0.39, 0.29) is 0 Å². The number of hydrogen-bond acceptors (Lipinski definition) is 2. The first kappa shape index (κ1) is 13.7. The van der Waals surface area contributed by atoms with Crippen molar-refractivity contribution in [3.63, 3.8) is 0 Å². The highest BCUT2D eigenvalue weighted by Crippen LogP contribution is 2.28. The van der Waals surface area contributed by atoms with Crippen molar-refractivity contribution in [1.29, 1.82) is 0 Å². The second-order valence-corrected chi connectivity index (χ2v) is 4.82. The van der Waals surface area contributed by atoms with E-state index in [4.69, 9.17) is 11.6 Å². The Hall–Kier alpha value is -1.74. The van der Waals surface area contributed by atoms with Crippen LogP contribution in [0.2, 0.25) is 0 Å². The second-order valence-electron chi connectivity index (χ2n) is 4.56. The van der Waals surface area contributed by atoms with E-state index in [0.717, 1.165) is 11.4 Å². The number of anilines is 1. The summed E-state index contributed by atoms with van der Waals surface area (Å²) in [5, 5.41) is 4.25. The average molecular weight is 276 g/mol. The third kappa shape index (κ3) is 2.99. The molecular formula is C15H18ClN3. The van der Waals surface area contributed by atoms with Gasteiger partial charge < -0.3 is 4.90 Å². The minimum Gasteiger partial charge on any atom is -0.324 e. The summed E-state index contributed by atoms with van der Waals surface area (Å²) < 4.78 is 1.86. The van der Waals surface area contributed by atoms with Crippen LogP contribution in [0.15, 0.2) is 48.9 Å². The third-order valence-corrected chi connectivity index (χ3v) is 3.40. The molecule has 3 nitrogen and oxygen atoms in total. The Labute approximate surface area is 119 Å². The van der Waals surface area contributed by atoms with E-state index in [0.29, 0.717) is 12.5 Å². The zero-order valence-corrected chi connectivity index (χ0v) is 12.1. The number of hydrogen-bond donors (Lipinski definition) is 0. The zero-order chi connectivity index (χ0) is 13.8. The summed E-state index contributed by atoms with van der Waals surface area (Å²) in [5.74, 6) is 0.398. The molecule has 0 radical (unpaired) electrons. The van der Waals surface area contributed by atoms with Gasteiger partial charge in [-0.1, -0.05) is 24.8 Å². The first-order valence-electron chi connectivity index (χ1n) is 6.18. The third-order valence-electron chi connectivity index (χ3n) is 3.09. The standard InChI is InChI=1S/C15H18ClN3/c1-12-6-4-7-13(2)15(12)19(14(3)10-16)11-18-9-5-8-17-18/h4-9H,3,10-11H2,1-2H3. The molecule has 0 spiro atoms. The molecule has 0 aliphatic heterocycles. The first-order valence-corrected chi connectivity index (χ1v) is 6.72. The van der Waals surface area contributed by atoms with Crippen LogP contribution in [0, 0.1) is 13.8 Å². The summed E-state index contributed by atoms with van der Waals surface area (Å²) in [5.41, 5.74) is 4.44. The largest absolute Gasteiger partial charge is 0.324 e. The van der Waals surface area contributed by atoms with Crippen LogP contribution in [0.5, 0.6) is 0 Å². The normalized spacial score (nSPS) is 10.5. The number of nitrogens with zero attached hydrogens (tertiary/aromatic N) is 3. The summed E-state index contributed by atoms with van der Waals surface area (Å²) in [7, 11) is 0. The van der Waals surface area contributed by atoms with Gasteiger partial charge in [0.15, 0.2) is 0 Å². The predicted octanol–water partition coefficient (Wildman–Crippen LogP) is 3.72. The maximum Gasteiger partial charge on any atom is 0.116 e. The van der Waals surface area contributed by atoms with Gasteiger partial charge in [0, 0.05) is 23.8 Å². The van der Waals surface area contributed by atoms with Gasteiger partial charge in [-0.05, 0) is 31.0 Å². The van der Waals surface area contributed by atoms with Gasteiger partial charge in [-0.15, -0.1) is 11.6 Å². The number of benzene rings is 1. The molecule has 1 heterocycles. The Morgan fingerprint density at radius 3 is 2.53 bits per heavy atom. The van der Waals surface area contributed by atoms with E-state index in [1.165, 1.54) is 11.1 Å². The highest BCUT2D eigenvalue weighted by molar-refractivity contribution is 6.19. The maximum absolute atomic E-state index is 5.97. The molecule has 0 saturated carbocycles. The number of aryl methyl sites for hydroxylation is 2. The Morgan fingerprint density at radius 2 is 2.00 bits per heavy atom. The van der Waals surface area contributed by atoms with E-state index < -0.39 is 0 Å². The van der Waals surface area contributed by atoms with Gasteiger partial charge in [0.05, 0.1) is 5.88 Å². The molecule has 19 heavy (non-hydrogen) atoms. The summed E-state index contributed by atoms with van der Waals surface area (Å²) in [6.07, 6.45) is 3.70. The van der Waals surface area contributed by atoms with Gasteiger partial charge >= 0.3 is 0 Å². The first-order chi connectivity index (χ1) is 9.13. The molecule has 1 aromatic carbocycles. The zero-order valence-electron chi connectivity index (χ0n) is 11.3. The molecule has 4 heteroatoms. The SMILES string of the molecule is C=C(CCl)N(Cn1cccn1)c1c(C)cccc1C. The van der Waals surface area contributed by atoms with E-state index in [1.54, 1.807) is 6.20 Å². The summed E-state index contributed by atoms with van der Waals surface area (Å²) in [6.45, 7) is 8.88. The van der Waals surface area contributed by atoms with E-state index in [9.17, 15) is 0 Å². The number of para-hydroxylation sites is 1. The number of rotatable bonds is 5. The highest BCUT2D eigenvalue weighted by atomic mass is 35.5. The minimum atomic E-state index is 0.398. The van der Waals surface area contributed by atoms with Crippen LogP contribution in [0.4, 0.5) is 5.69 Å². The van der Waals surface area contributed by atoms with Gasteiger partial charge in [-0.3, -0.25) is 4.68 Å². The van der Waals surface area contributed by atoms with Crippen LogP contribution in [0.1, 0.15) is 11.1 Å². The van der Waals surface area contributed by atoms with Gasteiger partial charge in [-0.2, -0.15) is 5.10 Å². The molecule has 0 aliphatic rings. The topological polar surface area (TPSA) is 21.1 Å². The summed E-state index contributed by atoms with van der Waals surface area (Å²) in [6, 6.07) is 8.16. The van der Waals surface area contributed by atoms with Crippen molar-refractivity contribution in [3.8, 4) is 0 Å². The molecule has 0 N–H and O–H groups in total. The molecule has 0 unspecified atom stereocenters. The van der Waals surface area contributed by atoms with E-state index >= 15 is 0 Å². The van der Waals surface area contributed by atoms with Crippen LogP contribution in [0.3, 0.4) is 0 Å². The lowest BCUT2D eigenvalue weighted by atomic mass is 10.1. The molecule has 100 valence electrons. The Bertz CT molecular complexity index is 541. The minimum absolute atomic E-state index is 0.398. The van der Waals surface area contributed by atoms with Crippen molar-refractivity contribution >= 4 is 17.3 Å². The molecule has 0 saturated heterocycles. The van der Waals surface area contributed by atoms with Crippen LogP contribution in [0.25, 0.3) is 0 Å². The number of allylic oxidation sites excluding steroid dienone is 1. The van der Waals surface area contributed by atoms with Crippen molar-refractivity contribution in [2.24, 2.45) is 0 Å². The fourth-order valence-electron chi connectivity index (χ4n) is 2.16. The fourth-order valence-corrected chi connectivity index (χ4v) is 2.31. The summed E-state index contributed by atoms with van der Waals surface area (Å²) in [4.78, 5) is 2.12. The maximum atomic E-state index is 5.97. The van der Waals surface area contributed by atoms with Crippen LogP contribution < -0.4 is 4.90 Å². The van der Waals surface area contributed by atoms with Gasteiger partial charge in [0.2, 0.25) is 0 Å². The molecular weight excluding hydrogens is 258 g/mol. The number of alkyl halides is 1. The average Bonchev–Trinajstić information content (AvgIpc) is 2.89. The molecule has 0 atom stereocenters. The fraction of sp³-hybridized carbons (Fsp3) is 0.267. The molecule has 1 aromatic heterocycles. The lowest BCUT2D eigenvalue weighted by Gasteiger charge is -2.29. The van der Waals surface area contributed by atoms with Crippen LogP contribution in [-0.2, 0) is 6.67 Å². The lowest BCUT2D eigenvalue weighted by molar-refractivity contribution is 0.608. The van der Waals surface area contributed by atoms with Crippen LogP contribution in [-0.4, -0.2) is 15.7 Å². The number of aromatic nitrogens is 2. The molecule has 2 rings (SSSR count). The molecule has 0 amide bonds. The monoisotopic (exact) mass is 275 g/mol. The second kappa shape index (κ2) is 5.93.